The van der Waals surface area contributed by atoms with Gasteiger partial charge in [-0.15, -0.1) is 0 Å². The number of halogens is 1. The summed E-state index contributed by atoms with van der Waals surface area (Å²) in [6, 6.07) is 5.59. The molecule has 0 saturated heterocycles. The van der Waals surface area contributed by atoms with Gasteiger partial charge in [-0.3, -0.25) is 19.7 Å². The minimum atomic E-state index is -0.738. The SMILES string of the molecule is CC[C@@H](C)NC(=O)NC(=O)COC(=O)CCC(=O)c1ccc(Cl)cc1. The molecule has 3 amide bonds. The Kier molecular flexibility index (Phi) is 8.63. The molecule has 8 heteroatoms. The predicted octanol–water partition coefficient (Wildman–Crippen LogP) is 2.47. The number of Topliss-reactive ketones (excluding diaryl/α,β-unsaturated/α-hetero) is 1. The highest BCUT2D eigenvalue weighted by molar-refractivity contribution is 6.30. The lowest BCUT2D eigenvalue weighted by Gasteiger charge is -2.11. The highest BCUT2D eigenvalue weighted by Crippen LogP contribution is 2.12. The van der Waals surface area contributed by atoms with Gasteiger partial charge in [0.2, 0.25) is 0 Å². The molecule has 1 rings (SSSR count). The van der Waals surface area contributed by atoms with Crippen LogP contribution in [0.1, 0.15) is 43.5 Å². The van der Waals surface area contributed by atoms with E-state index in [1.165, 1.54) is 0 Å². The van der Waals surface area contributed by atoms with E-state index in [1.807, 2.05) is 6.92 Å². The van der Waals surface area contributed by atoms with Gasteiger partial charge < -0.3 is 10.1 Å². The molecule has 1 aromatic rings. The number of nitrogens with one attached hydrogen (secondary N) is 2. The average Bonchev–Trinajstić information content (AvgIpc) is 2.58. The number of carbonyl (C=O) groups is 4. The van der Waals surface area contributed by atoms with Crippen LogP contribution in [0.25, 0.3) is 0 Å². The molecule has 0 aliphatic rings. The maximum Gasteiger partial charge on any atom is 0.321 e. The topological polar surface area (TPSA) is 102 Å². The van der Waals surface area contributed by atoms with E-state index < -0.39 is 24.5 Å². The molecule has 0 fully saturated rings. The van der Waals surface area contributed by atoms with Crippen LogP contribution in [0.3, 0.4) is 0 Å². The molecule has 0 aliphatic heterocycles. The van der Waals surface area contributed by atoms with Gasteiger partial charge in [0.1, 0.15) is 0 Å². The van der Waals surface area contributed by atoms with Crippen molar-refractivity contribution in [1.82, 2.24) is 10.6 Å². The van der Waals surface area contributed by atoms with Crippen molar-refractivity contribution in [2.24, 2.45) is 0 Å². The van der Waals surface area contributed by atoms with Crippen LogP contribution in [0.2, 0.25) is 5.02 Å². The van der Waals surface area contributed by atoms with Crippen LogP contribution in [0.5, 0.6) is 0 Å². The van der Waals surface area contributed by atoms with Gasteiger partial charge in [-0.2, -0.15) is 0 Å². The lowest BCUT2D eigenvalue weighted by atomic mass is 10.1. The first-order valence-corrected chi connectivity index (χ1v) is 8.24. The molecule has 0 saturated carbocycles. The van der Waals surface area contributed by atoms with Crippen molar-refractivity contribution >= 4 is 35.3 Å². The second-order valence-corrected chi connectivity index (χ2v) is 5.86. The summed E-state index contributed by atoms with van der Waals surface area (Å²) in [5, 5.41) is 5.11. The molecule has 0 heterocycles. The monoisotopic (exact) mass is 368 g/mol. The Hall–Kier alpha value is -2.41. The Morgan fingerprint density at radius 3 is 2.36 bits per heavy atom. The van der Waals surface area contributed by atoms with E-state index in [-0.39, 0.29) is 24.7 Å². The summed E-state index contributed by atoms with van der Waals surface area (Å²) in [6.45, 7) is 3.10. The van der Waals surface area contributed by atoms with Crippen molar-refractivity contribution in [3.63, 3.8) is 0 Å². The summed E-state index contributed by atoms with van der Waals surface area (Å²) in [6.07, 6.45) is 0.517. The molecule has 2 N–H and O–H groups in total. The van der Waals surface area contributed by atoms with E-state index in [0.717, 1.165) is 6.42 Å². The number of ether oxygens (including phenoxy) is 1. The number of hydrogen-bond acceptors (Lipinski definition) is 5. The summed E-state index contributed by atoms with van der Waals surface area (Å²) >= 11 is 5.73. The Morgan fingerprint density at radius 2 is 1.76 bits per heavy atom. The smallest absolute Gasteiger partial charge is 0.321 e. The number of ketones is 1. The van der Waals surface area contributed by atoms with E-state index in [2.05, 4.69) is 10.6 Å². The third-order valence-electron chi connectivity index (χ3n) is 3.33. The second-order valence-electron chi connectivity index (χ2n) is 5.42. The largest absolute Gasteiger partial charge is 0.456 e. The van der Waals surface area contributed by atoms with Crippen LogP contribution in [-0.2, 0) is 14.3 Å². The molecule has 7 nitrogen and oxygen atoms in total. The van der Waals surface area contributed by atoms with E-state index in [0.29, 0.717) is 10.6 Å². The average molecular weight is 369 g/mol. The lowest BCUT2D eigenvalue weighted by Crippen LogP contribution is -2.44. The molecule has 0 aromatic heterocycles. The zero-order valence-corrected chi connectivity index (χ0v) is 14.9. The summed E-state index contributed by atoms with van der Waals surface area (Å²) in [4.78, 5) is 46.4. The quantitative estimate of drug-likeness (QED) is 0.542. The number of esters is 1. The molecule has 0 bridgehead atoms. The molecular weight excluding hydrogens is 348 g/mol. The first kappa shape index (κ1) is 20.6. The maximum atomic E-state index is 11.9. The van der Waals surface area contributed by atoms with E-state index in [1.54, 1.807) is 31.2 Å². The summed E-state index contributed by atoms with van der Waals surface area (Å²) in [5.74, 6) is -1.66. The Bertz CT molecular complexity index is 630. The highest BCUT2D eigenvalue weighted by atomic mass is 35.5. The van der Waals surface area contributed by atoms with E-state index in [4.69, 9.17) is 16.3 Å². The molecule has 1 atom stereocenters. The van der Waals surface area contributed by atoms with Crippen molar-refractivity contribution in [2.75, 3.05) is 6.61 Å². The van der Waals surface area contributed by atoms with Crippen molar-refractivity contribution in [3.8, 4) is 0 Å². The molecule has 0 spiro atoms. The number of amides is 3. The minimum Gasteiger partial charge on any atom is -0.456 e. The highest BCUT2D eigenvalue weighted by Gasteiger charge is 2.14. The number of benzene rings is 1. The maximum absolute atomic E-state index is 11.9. The second kappa shape index (κ2) is 10.5. The molecule has 0 radical (unpaired) electrons. The number of imide groups is 1. The van der Waals surface area contributed by atoms with E-state index in [9.17, 15) is 19.2 Å². The Labute approximate surface area is 151 Å². The van der Waals surface area contributed by atoms with Crippen molar-refractivity contribution in [2.45, 2.75) is 39.2 Å². The summed E-state index contributed by atoms with van der Waals surface area (Å²) in [7, 11) is 0. The van der Waals surface area contributed by atoms with Gasteiger partial charge in [0.15, 0.2) is 12.4 Å². The van der Waals surface area contributed by atoms with Gasteiger partial charge in [-0.1, -0.05) is 18.5 Å². The molecule has 1 aromatic carbocycles. The van der Waals surface area contributed by atoms with Gasteiger partial charge in [-0.25, -0.2) is 4.79 Å². The molecule has 136 valence electrons. The van der Waals surface area contributed by atoms with Crippen LogP contribution < -0.4 is 10.6 Å². The molecule has 0 aliphatic carbocycles. The Morgan fingerprint density at radius 1 is 1.12 bits per heavy atom. The third kappa shape index (κ3) is 8.30. The molecule has 25 heavy (non-hydrogen) atoms. The summed E-state index contributed by atoms with van der Waals surface area (Å²) in [5.41, 5.74) is 0.441. The molecular formula is C17H21ClN2O5. The zero-order chi connectivity index (χ0) is 18.8. The third-order valence-corrected chi connectivity index (χ3v) is 3.58. The van der Waals surface area contributed by atoms with Crippen molar-refractivity contribution < 1.29 is 23.9 Å². The first-order chi connectivity index (χ1) is 11.8. The van der Waals surface area contributed by atoms with Crippen LogP contribution in [-0.4, -0.2) is 36.3 Å². The van der Waals surface area contributed by atoms with Crippen LogP contribution in [0, 0.1) is 0 Å². The van der Waals surface area contributed by atoms with Gasteiger partial charge in [0.05, 0.1) is 6.42 Å². The number of urea groups is 1. The van der Waals surface area contributed by atoms with Gasteiger partial charge >= 0.3 is 12.0 Å². The standard InChI is InChI=1S/C17H21ClN2O5/c1-3-11(2)19-17(24)20-15(22)10-25-16(23)9-8-14(21)12-4-6-13(18)7-5-12/h4-7,11H,3,8-10H2,1-2H3,(H2,19,20,22,24)/t11-/m1/s1. The zero-order valence-electron chi connectivity index (χ0n) is 14.1. The van der Waals surface area contributed by atoms with E-state index >= 15 is 0 Å². The molecule has 0 unspecified atom stereocenters. The summed E-state index contributed by atoms with van der Waals surface area (Å²) < 4.78 is 4.74. The van der Waals surface area contributed by atoms with Gasteiger partial charge in [0, 0.05) is 23.0 Å². The van der Waals surface area contributed by atoms with Crippen molar-refractivity contribution in [3.05, 3.63) is 34.9 Å². The van der Waals surface area contributed by atoms with Crippen LogP contribution in [0.4, 0.5) is 4.79 Å². The normalized spacial score (nSPS) is 11.3. The van der Waals surface area contributed by atoms with Crippen LogP contribution in [0.15, 0.2) is 24.3 Å². The van der Waals surface area contributed by atoms with Gasteiger partial charge in [0.25, 0.3) is 5.91 Å². The number of hydrogen-bond donors (Lipinski definition) is 2. The minimum absolute atomic E-state index is 0.0451. The fourth-order valence-corrected chi connectivity index (χ4v) is 1.86. The Balaban J connectivity index is 2.28. The lowest BCUT2D eigenvalue weighted by molar-refractivity contribution is -0.148. The first-order valence-electron chi connectivity index (χ1n) is 7.86. The van der Waals surface area contributed by atoms with Crippen molar-refractivity contribution in [1.29, 1.82) is 0 Å². The van der Waals surface area contributed by atoms with Gasteiger partial charge in [-0.05, 0) is 37.6 Å². The number of rotatable bonds is 8. The number of carbonyl (C=O) groups excluding carboxylic acids is 4. The van der Waals surface area contributed by atoms with Crippen LogP contribution >= 0.6 is 11.6 Å². The fraction of sp³-hybridized carbons (Fsp3) is 0.412. The fourth-order valence-electron chi connectivity index (χ4n) is 1.74. The predicted molar refractivity (Wildman–Crippen MR) is 92.4 cm³/mol.